The molecule has 2 N–H and O–H groups in total. The number of carbonyl (C=O) groups excluding carboxylic acids is 1. The summed E-state index contributed by atoms with van der Waals surface area (Å²) in [5, 5.41) is 6.40. The molecule has 0 bridgehead atoms. The number of ether oxygens (including phenoxy) is 1. The zero-order valence-corrected chi connectivity index (χ0v) is 10.9. The van der Waals surface area contributed by atoms with Crippen LogP contribution >= 0.6 is 0 Å². The molecule has 2 unspecified atom stereocenters. The van der Waals surface area contributed by atoms with Crippen LogP contribution in [0.2, 0.25) is 0 Å². The zero-order chi connectivity index (χ0) is 12.3. The Morgan fingerprint density at radius 2 is 2.24 bits per heavy atom. The van der Waals surface area contributed by atoms with Gasteiger partial charge in [0.1, 0.15) is 0 Å². The lowest BCUT2D eigenvalue weighted by Crippen LogP contribution is -2.38. The largest absolute Gasteiger partial charge is 0.385 e. The van der Waals surface area contributed by atoms with Gasteiger partial charge in [-0.15, -0.1) is 0 Å². The van der Waals surface area contributed by atoms with Crippen molar-refractivity contribution in [3.8, 4) is 0 Å². The molecule has 0 aromatic heterocycles. The first-order chi connectivity index (χ1) is 8.17. The topological polar surface area (TPSA) is 50.4 Å². The fourth-order valence-corrected chi connectivity index (χ4v) is 2.58. The van der Waals surface area contributed by atoms with E-state index < -0.39 is 0 Å². The van der Waals surface area contributed by atoms with Gasteiger partial charge in [-0.2, -0.15) is 0 Å². The highest BCUT2D eigenvalue weighted by atomic mass is 16.5. The van der Waals surface area contributed by atoms with E-state index in [0.29, 0.717) is 11.3 Å². The minimum absolute atomic E-state index is 0.160. The summed E-state index contributed by atoms with van der Waals surface area (Å²) in [5.41, 5.74) is 0.348. The first kappa shape index (κ1) is 12.8. The molecular weight excluding hydrogens is 216 g/mol. The van der Waals surface area contributed by atoms with Gasteiger partial charge < -0.3 is 15.4 Å². The van der Waals surface area contributed by atoms with Crippen LogP contribution in [0.4, 0.5) is 0 Å². The van der Waals surface area contributed by atoms with E-state index in [1.54, 1.807) is 7.11 Å². The summed E-state index contributed by atoms with van der Waals surface area (Å²) in [6.07, 6.45) is 3.53. The maximum absolute atomic E-state index is 12.0. The SMILES string of the molecule is COCCC1(CNC(=O)C2CNCC2C)CC1. The number of nitrogens with one attached hydrogen (secondary N) is 2. The van der Waals surface area contributed by atoms with E-state index >= 15 is 0 Å². The molecule has 4 nitrogen and oxygen atoms in total. The number of amides is 1. The molecule has 0 spiro atoms. The van der Waals surface area contributed by atoms with E-state index in [-0.39, 0.29) is 11.8 Å². The summed E-state index contributed by atoms with van der Waals surface area (Å²) in [6, 6.07) is 0. The van der Waals surface area contributed by atoms with Crippen molar-refractivity contribution in [2.24, 2.45) is 17.3 Å². The van der Waals surface area contributed by atoms with E-state index in [0.717, 1.165) is 32.7 Å². The van der Waals surface area contributed by atoms with Gasteiger partial charge in [-0.05, 0) is 37.1 Å². The Kier molecular flexibility index (Phi) is 4.05. The van der Waals surface area contributed by atoms with Crippen molar-refractivity contribution in [3.05, 3.63) is 0 Å². The molecule has 1 saturated heterocycles. The lowest BCUT2D eigenvalue weighted by Gasteiger charge is -2.19. The Morgan fingerprint density at radius 3 is 2.76 bits per heavy atom. The van der Waals surface area contributed by atoms with Gasteiger partial charge in [0.15, 0.2) is 0 Å². The molecule has 4 heteroatoms. The number of hydrogen-bond donors (Lipinski definition) is 2. The van der Waals surface area contributed by atoms with Crippen LogP contribution in [0.25, 0.3) is 0 Å². The van der Waals surface area contributed by atoms with Crippen molar-refractivity contribution in [3.63, 3.8) is 0 Å². The molecule has 2 aliphatic rings. The first-order valence-electron chi connectivity index (χ1n) is 6.64. The molecule has 0 radical (unpaired) electrons. The van der Waals surface area contributed by atoms with Gasteiger partial charge in [0.05, 0.1) is 5.92 Å². The summed E-state index contributed by atoms with van der Waals surface area (Å²) < 4.78 is 5.12. The third kappa shape index (κ3) is 3.19. The highest BCUT2D eigenvalue weighted by Crippen LogP contribution is 2.48. The summed E-state index contributed by atoms with van der Waals surface area (Å²) in [6.45, 7) is 5.57. The second-order valence-corrected chi connectivity index (χ2v) is 5.70. The highest BCUT2D eigenvalue weighted by Gasteiger charge is 2.42. The van der Waals surface area contributed by atoms with Gasteiger partial charge in [-0.1, -0.05) is 6.92 Å². The standard InChI is InChI=1S/C13H24N2O2/c1-10-7-14-8-11(10)12(16)15-9-13(3-4-13)5-6-17-2/h10-11,14H,3-9H2,1-2H3,(H,15,16). The Morgan fingerprint density at radius 1 is 1.47 bits per heavy atom. The molecule has 1 heterocycles. The van der Waals surface area contributed by atoms with Gasteiger partial charge in [0, 0.05) is 26.8 Å². The summed E-state index contributed by atoms with van der Waals surface area (Å²) in [5.74, 6) is 0.851. The van der Waals surface area contributed by atoms with E-state index in [1.165, 1.54) is 12.8 Å². The third-order valence-corrected chi connectivity index (χ3v) is 4.29. The Labute approximate surface area is 103 Å². The lowest BCUT2D eigenvalue weighted by molar-refractivity contribution is -0.125. The van der Waals surface area contributed by atoms with E-state index in [4.69, 9.17) is 4.74 Å². The highest BCUT2D eigenvalue weighted by molar-refractivity contribution is 5.79. The maximum atomic E-state index is 12.0. The second-order valence-electron chi connectivity index (χ2n) is 5.70. The van der Waals surface area contributed by atoms with Crippen LogP contribution in [0.3, 0.4) is 0 Å². The second kappa shape index (κ2) is 5.36. The molecular formula is C13H24N2O2. The molecule has 0 aromatic carbocycles. The van der Waals surface area contributed by atoms with Crippen LogP contribution in [0, 0.1) is 17.3 Å². The van der Waals surface area contributed by atoms with E-state index in [1.807, 2.05) is 0 Å². The minimum atomic E-state index is 0.160. The summed E-state index contributed by atoms with van der Waals surface area (Å²) in [4.78, 5) is 12.0. The number of carbonyl (C=O) groups is 1. The first-order valence-corrected chi connectivity index (χ1v) is 6.64. The van der Waals surface area contributed by atoms with Gasteiger partial charge >= 0.3 is 0 Å². The van der Waals surface area contributed by atoms with Gasteiger partial charge in [0.25, 0.3) is 0 Å². The smallest absolute Gasteiger partial charge is 0.224 e. The van der Waals surface area contributed by atoms with Gasteiger partial charge in [0.2, 0.25) is 5.91 Å². The fourth-order valence-electron chi connectivity index (χ4n) is 2.58. The Bertz CT molecular complexity index is 277. The maximum Gasteiger partial charge on any atom is 0.224 e. The van der Waals surface area contributed by atoms with Crippen molar-refractivity contribution < 1.29 is 9.53 Å². The number of rotatable bonds is 6. The van der Waals surface area contributed by atoms with Gasteiger partial charge in [-0.3, -0.25) is 4.79 Å². The van der Waals surface area contributed by atoms with E-state index in [9.17, 15) is 4.79 Å². The average Bonchev–Trinajstić information content (AvgIpc) is 2.98. The van der Waals surface area contributed by atoms with Crippen LogP contribution < -0.4 is 10.6 Å². The number of methoxy groups -OCH3 is 1. The van der Waals surface area contributed by atoms with Gasteiger partial charge in [-0.25, -0.2) is 0 Å². The van der Waals surface area contributed by atoms with Crippen molar-refractivity contribution in [2.75, 3.05) is 33.4 Å². The normalized spacial score (nSPS) is 30.2. The molecule has 0 aromatic rings. The predicted molar refractivity (Wildman–Crippen MR) is 66.7 cm³/mol. The minimum Gasteiger partial charge on any atom is -0.385 e. The Balaban J connectivity index is 1.72. The molecule has 2 rings (SSSR count). The molecule has 17 heavy (non-hydrogen) atoms. The number of hydrogen-bond acceptors (Lipinski definition) is 3. The van der Waals surface area contributed by atoms with Crippen LogP contribution in [-0.4, -0.2) is 39.3 Å². The molecule has 1 amide bonds. The molecule has 98 valence electrons. The third-order valence-electron chi connectivity index (χ3n) is 4.29. The lowest BCUT2D eigenvalue weighted by atomic mass is 9.96. The summed E-state index contributed by atoms with van der Waals surface area (Å²) >= 11 is 0. The fraction of sp³-hybridized carbons (Fsp3) is 0.923. The van der Waals surface area contributed by atoms with Crippen molar-refractivity contribution >= 4 is 5.91 Å². The Hall–Kier alpha value is -0.610. The molecule has 1 aliphatic carbocycles. The van der Waals surface area contributed by atoms with Crippen LogP contribution in [0.5, 0.6) is 0 Å². The monoisotopic (exact) mass is 240 g/mol. The van der Waals surface area contributed by atoms with Crippen LogP contribution in [0.1, 0.15) is 26.2 Å². The quantitative estimate of drug-likeness (QED) is 0.721. The molecule has 2 fully saturated rings. The molecule has 1 saturated carbocycles. The van der Waals surface area contributed by atoms with Crippen molar-refractivity contribution in [2.45, 2.75) is 26.2 Å². The zero-order valence-electron chi connectivity index (χ0n) is 10.9. The van der Waals surface area contributed by atoms with E-state index in [2.05, 4.69) is 17.6 Å². The van der Waals surface area contributed by atoms with Crippen LogP contribution in [0.15, 0.2) is 0 Å². The predicted octanol–water partition coefficient (Wildman–Crippen LogP) is 0.775. The summed E-state index contributed by atoms with van der Waals surface area (Å²) in [7, 11) is 1.74. The van der Waals surface area contributed by atoms with Crippen molar-refractivity contribution in [1.29, 1.82) is 0 Å². The van der Waals surface area contributed by atoms with Crippen molar-refractivity contribution in [1.82, 2.24) is 10.6 Å². The molecule has 1 aliphatic heterocycles. The average molecular weight is 240 g/mol. The van der Waals surface area contributed by atoms with Crippen LogP contribution in [-0.2, 0) is 9.53 Å². The molecule has 2 atom stereocenters.